The van der Waals surface area contributed by atoms with Crippen LogP contribution in [0.3, 0.4) is 0 Å². The first-order valence-electron chi connectivity index (χ1n) is 5.55. The van der Waals surface area contributed by atoms with Crippen LogP contribution in [-0.2, 0) is 4.79 Å². The molecule has 0 spiro atoms. The Kier molecular flexibility index (Phi) is 4.39. The van der Waals surface area contributed by atoms with Gasteiger partial charge in [0.25, 0.3) is 0 Å². The molecule has 82 valence electrons. The molecule has 0 aromatic rings. The van der Waals surface area contributed by atoms with Crippen LogP contribution >= 0.6 is 0 Å². The molecule has 3 nitrogen and oxygen atoms in total. The molecular weight excluding hydrogens is 176 g/mol. The summed E-state index contributed by atoms with van der Waals surface area (Å²) in [6, 6.07) is 0.413. The first-order valence-corrected chi connectivity index (χ1v) is 5.55. The average molecular weight is 198 g/mol. The summed E-state index contributed by atoms with van der Waals surface area (Å²) in [5.74, 6) is 0.985. The first-order chi connectivity index (χ1) is 6.59. The molecule has 14 heavy (non-hydrogen) atoms. The van der Waals surface area contributed by atoms with Crippen LogP contribution in [0.25, 0.3) is 0 Å². The van der Waals surface area contributed by atoms with E-state index in [-0.39, 0.29) is 5.91 Å². The Morgan fingerprint density at radius 1 is 1.29 bits per heavy atom. The highest BCUT2D eigenvalue weighted by Gasteiger charge is 2.19. The number of carbonyl (C=O) groups excluding carboxylic acids is 1. The fourth-order valence-electron chi connectivity index (χ4n) is 2.03. The van der Waals surface area contributed by atoms with Gasteiger partial charge in [-0.15, -0.1) is 0 Å². The molecular formula is C11H22N2O. The van der Waals surface area contributed by atoms with Crippen molar-refractivity contribution in [1.82, 2.24) is 4.90 Å². The number of nitrogens with zero attached hydrogens (tertiary/aromatic N) is 1. The smallest absolute Gasteiger partial charge is 0.222 e. The molecule has 1 amide bonds. The molecule has 0 aromatic carbocycles. The first kappa shape index (κ1) is 11.5. The highest BCUT2D eigenvalue weighted by Crippen LogP contribution is 2.26. The molecule has 1 aliphatic carbocycles. The van der Waals surface area contributed by atoms with Crippen LogP contribution < -0.4 is 5.73 Å². The van der Waals surface area contributed by atoms with Crippen LogP contribution in [-0.4, -0.2) is 30.9 Å². The van der Waals surface area contributed by atoms with E-state index in [2.05, 4.69) is 0 Å². The number of amides is 1. The van der Waals surface area contributed by atoms with Crippen LogP contribution in [0.5, 0.6) is 0 Å². The maximum absolute atomic E-state index is 11.4. The fraction of sp³-hybridized carbons (Fsp3) is 0.909. The van der Waals surface area contributed by atoms with Gasteiger partial charge in [0, 0.05) is 26.6 Å². The Labute approximate surface area is 86.6 Å². The highest BCUT2D eigenvalue weighted by atomic mass is 16.2. The van der Waals surface area contributed by atoms with Crippen molar-refractivity contribution in [2.24, 2.45) is 11.7 Å². The van der Waals surface area contributed by atoms with E-state index in [1.165, 1.54) is 12.8 Å². The van der Waals surface area contributed by atoms with Crippen LogP contribution in [0.1, 0.15) is 38.5 Å². The average Bonchev–Trinajstić information content (AvgIpc) is 2.16. The number of hydrogen-bond donors (Lipinski definition) is 1. The molecule has 0 atom stereocenters. The van der Waals surface area contributed by atoms with Gasteiger partial charge < -0.3 is 10.6 Å². The summed E-state index contributed by atoms with van der Waals surface area (Å²) in [5.41, 5.74) is 5.83. The normalized spacial score (nSPS) is 27.4. The predicted octanol–water partition coefficient (Wildman–Crippen LogP) is 1.37. The second-order valence-electron chi connectivity index (χ2n) is 4.61. The molecule has 1 rings (SSSR count). The summed E-state index contributed by atoms with van der Waals surface area (Å²) in [5, 5.41) is 0. The largest absolute Gasteiger partial charge is 0.349 e. The van der Waals surface area contributed by atoms with Crippen LogP contribution in [0, 0.1) is 5.92 Å². The van der Waals surface area contributed by atoms with Crippen molar-refractivity contribution in [3.05, 3.63) is 0 Å². The number of hydrogen-bond acceptors (Lipinski definition) is 2. The summed E-state index contributed by atoms with van der Waals surface area (Å²) in [6.07, 6.45) is 6.45. The van der Waals surface area contributed by atoms with E-state index in [4.69, 9.17) is 5.73 Å². The number of nitrogens with two attached hydrogens (primary N) is 1. The van der Waals surface area contributed by atoms with Gasteiger partial charge in [0.2, 0.25) is 5.91 Å². The quantitative estimate of drug-likeness (QED) is 0.744. The van der Waals surface area contributed by atoms with Crippen molar-refractivity contribution in [3.8, 4) is 0 Å². The second kappa shape index (κ2) is 5.35. The molecule has 0 unspecified atom stereocenters. The van der Waals surface area contributed by atoms with Crippen molar-refractivity contribution in [2.75, 3.05) is 14.1 Å². The topological polar surface area (TPSA) is 46.3 Å². The van der Waals surface area contributed by atoms with E-state index in [9.17, 15) is 4.79 Å². The van der Waals surface area contributed by atoms with E-state index >= 15 is 0 Å². The number of rotatable bonds is 3. The van der Waals surface area contributed by atoms with E-state index < -0.39 is 0 Å². The lowest BCUT2D eigenvalue weighted by Crippen LogP contribution is -2.27. The molecule has 0 radical (unpaired) electrons. The lowest BCUT2D eigenvalue weighted by molar-refractivity contribution is -0.129. The minimum absolute atomic E-state index is 0.250. The van der Waals surface area contributed by atoms with E-state index in [0.29, 0.717) is 12.5 Å². The van der Waals surface area contributed by atoms with Crippen molar-refractivity contribution < 1.29 is 4.79 Å². The van der Waals surface area contributed by atoms with E-state index in [0.717, 1.165) is 25.2 Å². The molecule has 0 aliphatic heterocycles. The van der Waals surface area contributed by atoms with Crippen LogP contribution in [0.15, 0.2) is 0 Å². The molecule has 0 saturated heterocycles. The summed E-state index contributed by atoms with van der Waals surface area (Å²) in [4.78, 5) is 13.0. The van der Waals surface area contributed by atoms with Gasteiger partial charge >= 0.3 is 0 Å². The van der Waals surface area contributed by atoms with Gasteiger partial charge in [-0.2, -0.15) is 0 Å². The Bertz CT molecular complexity index is 184. The molecule has 1 fully saturated rings. The third-order valence-electron chi connectivity index (χ3n) is 3.16. The van der Waals surface area contributed by atoms with Crippen molar-refractivity contribution in [3.63, 3.8) is 0 Å². The van der Waals surface area contributed by atoms with Gasteiger partial charge in [0.15, 0.2) is 0 Å². The van der Waals surface area contributed by atoms with Crippen molar-refractivity contribution in [2.45, 2.75) is 44.6 Å². The molecule has 1 aliphatic rings. The maximum atomic E-state index is 11.4. The van der Waals surface area contributed by atoms with Crippen LogP contribution in [0.4, 0.5) is 0 Å². The highest BCUT2D eigenvalue weighted by molar-refractivity contribution is 5.75. The number of carbonyl (C=O) groups is 1. The van der Waals surface area contributed by atoms with E-state index in [1.54, 1.807) is 4.90 Å². The van der Waals surface area contributed by atoms with Gasteiger partial charge in [-0.1, -0.05) is 0 Å². The Balaban J connectivity index is 2.16. The molecule has 0 heterocycles. The summed E-state index contributed by atoms with van der Waals surface area (Å²) < 4.78 is 0. The lowest BCUT2D eigenvalue weighted by atomic mass is 9.84. The Hall–Kier alpha value is -0.570. The monoisotopic (exact) mass is 198 g/mol. The third kappa shape index (κ3) is 3.66. The second-order valence-corrected chi connectivity index (χ2v) is 4.61. The van der Waals surface area contributed by atoms with E-state index in [1.807, 2.05) is 14.1 Å². The summed E-state index contributed by atoms with van der Waals surface area (Å²) in [7, 11) is 3.64. The lowest BCUT2D eigenvalue weighted by Gasteiger charge is -2.26. The van der Waals surface area contributed by atoms with Crippen molar-refractivity contribution in [1.29, 1.82) is 0 Å². The Morgan fingerprint density at radius 3 is 2.36 bits per heavy atom. The molecule has 3 heteroatoms. The summed E-state index contributed by atoms with van der Waals surface area (Å²) >= 11 is 0. The zero-order valence-electron chi connectivity index (χ0n) is 9.33. The molecule has 1 saturated carbocycles. The summed E-state index contributed by atoms with van der Waals surface area (Å²) in [6.45, 7) is 0. The minimum Gasteiger partial charge on any atom is -0.349 e. The Morgan fingerprint density at radius 2 is 1.86 bits per heavy atom. The van der Waals surface area contributed by atoms with Gasteiger partial charge in [-0.3, -0.25) is 4.79 Å². The molecule has 0 aromatic heterocycles. The third-order valence-corrected chi connectivity index (χ3v) is 3.16. The SMILES string of the molecule is CN(C)C(=O)CCC1CCC(N)CC1. The van der Waals surface area contributed by atoms with Gasteiger partial charge in [-0.05, 0) is 38.0 Å². The molecule has 2 N–H and O–H groups in total. The minimum atomic E-state index is 0.250. The van der Waals surface area contributed by atoms with Gasteiger partial charge in [0.05, 0.1) is 0 Å². The zero-order chi connectivity index (χ0) is 10.6. The maximum Gasteiger partial charge on any atom is 0.222 e. The van der Waals surface area contributed by atoms with Crippen LogP contribution in [0.2, 0.25) is 0 Å². The van der Waals surface area contributed by atoms with Crippen molar-refractivity contribution >= 4 is 5.91 Å². The predicted molar refractivity (Wildman–Crippen MR) is 57.9 cm³/mol. The standard InChI is InChI=1S/C11H22N2O/c1-13(2)11(14)8-5-9-3-6-10(12)7-4-9/h9-10H,3-8,12H2,1-2H3. The van der Waals surface area contributed by atoms with Gasteiger partial charge in [-0.25, -0.2) is 0 Å². The van der Waals surface area contributed by atoms with Gasteiger partial charge in [0.1, 0.15) is 0 Å². The molecule has 0 bridgehead atoms. The zero-order valence-corrected chi connectivity index (χ0v) is 9.33. The fourth-order valence-corrected chi connectivity index (χ4v) is 2.03.